The monoisotopic (exact) mass is 296 g/mol. The quantitative estimate of drug-likeness (QED) is 0.787. The van der Waals surface area contributed by atoms with Gasteiger partial charge in [0.2, 0.25) is 0 Å². The minimum atomic E-state index is -3.76. The van der Waals surface area contributed by atoms with Gasteiger partial charge in [0.15, 0.2) is 0 Å². The maximum absolute atomic E-state index is 12.7. The van der Waals surface area contributed by atoms with E-state index in [4.69, 9.17) is 9.05 Å². The van der Waals surface area contributed by atoms with Crippen LogP contribution in [0.4, 0.5) is 0 Å². The van der Waals surface area contributed by atoms with E-state index in [9.17, 15) is 9.36 Å². The highest BCUT2D eigenvalue weighted by Gasteiger charge is 2.49. The van der Waals surface area contributed by atoms with Crippen LogP contribution in [0.15, 0.2) is 30.3 Å². The van der Waals surface area contributed by atoms with Gasteiger partial charge in [-0.1, -0.05) is 58.0 Å². The van der Waals surface area contributed by atoms with Crippen LogP contribution in [-0.2, 0) is 13.6 Å². The predicted molar refractivity (Wildman–Crippen MR) is 77.8 cm³/mol. The van der Waals surface area contributed by atoms with Gasteiger partial charge in [0, 0.05) is 11.0 Å². The SMILES string of the molecule is CC(C)C1OP(=O)(C(=O)c2ccccc2)OCC1(C)C. The molecule has 1 aliphatic rings. The van der Waals surface area contributed by atoms with Crippen molar-refractivity contribution in [1.82, 2.24) is 0 Å². The molecule has 0 aliphatic carbocycles. The van der Waals surface area contributed by atoms with Gasteiger partial charge in [-0.3, -0.25) is 13.9 Å². The molecule has 0 saturated carbocycles. The molecule has 0 spiro atoms. The Bertz CT molecular complexity index is 536. The fourth-order valence-corrected chi connectivity index (χ4v) is 4.60. The Kier molecular flexibility index (Phi) is 4.19. The van der Waals surface area contributed by atoms with Crippen molar-refractivity contribution in [2.45, 2.75) is 33.8 Å². The van der Waals surface area contributed by atoms with Crippen molar-refractivity contribution in [3.8, 4) is 0 Å². The Morgan fingerprint density at radius 3 is 2.45 bits per heavy atom. The molecule has 1 fully saturated rings. The number of carbonyl (C=O) groups is 1. The zero-order valence-electron chi connectivity index (χ0n) is 12.3. The third kappa shape index (κ3) is 2.88. The summed E-state index contributed by atoms with van der Waals surface area (Å²) in [7, 11) is -3.76. The smallest absolute Gasteiger partial charge is 0.302 e. The highest BCUT2D eigenvalue weighted by atomic mass is 31.2. The molecule has 4 nitrogen and oxygen atoms in total. The molecule has 1 aromatic rings. The maximum atomic E-state index is 12.7. The van der Waals surface area contributed by atoms with E-state index in [1.54, 1.807) is 30.3 Å². The van der Waals surface area contributed by atoms with Crippen molar-refractivity contribution in [3.05, 3.63) is 35.9 Å². The van der Waals surface area contributed by atoms with Crippen LogP contribution >= 0.6 is 7.60 Å². The summed E-state index contributed by atoms with van der Waals surface area (Å²) in [6, 6.07) is 8.51. The van der Waals surface area contributed by atoms with E-state index >= 15 is 0 Å². The van der Waals surface area contributed by atoms with Gasteiger partial charge in [0.05, 0.1) is 12.7 Å². The number of rotatable bonds is 3. The summed E-state index contributed by atoms with van der Waals surface area (Å²) in [5, 5.41) is 0. The zero-order valence-corrected chi connectivity index (χ0v) is 13.2. The van der Waals surface area contributed by atoms with E-state index in [2.05, 4.69) is 0 Å². The molecule has 2 rings (SSSR count). The number of hydrogen-bond acceptors (Lipinski definition) is 4. The number of hydrogen-bond donors (Lipinski definition) is 0. The molecule has 1 aromatic carbocycles. The zero-order chi connectivity index (χ0) is 15.0. The molecule has 0 amide bonds. The minimum absolute atomic E-state index is 0.158. The molecule has 0 radical (unpaired) electrons. The summed E-state index contributed by atoms with van der Waals surface area (Å²) < 4.78 is 23.8. The molecule has 5 heteroatoms. The van der Waals surface area contributed by atoms with Crippen molar-refractivity contribution < 1.29 is 18.4 Å². The number of benzene rings is 1. The first kappa shape index (κ1) is 15.4. The molecular formula is C15H21O4P. The molecule has 1 aliphatic heterocycles. The Labute approximate surface area is 120 Å². The fourth-order valence-electron chi connectivity index (χ4n) is 2.53. The van der Waals surface area contributed by atoms with Gasteiger partial charge in [-0.2, -0.15) is 0 Å². The van der Waals surface area contributed by atoms with Crippen LogP contribution in [0.3, 0.4) is 0 Å². The first-order valence-corrected chi connectivity index (χ1v) is 8.33. The Morgan fingerprint density at radius 2 is 1.90 bits per heavy atom. The highest BCUT2D eigenvalue weighted by Crippen LogP contribution is 2.59. The van der Waals surface area contributed by atoms with E-state index in [1.807, 2.05) is 27.7 Å². The van der Waals surface area contributed by atoms with Crippen LogP contribution in [-0.4, -0.2) is 18.2 Å². The molecule has 1 saturated heterocycles. The topological polar surface area (TPSA) is 52.6 Å². The van der Waals surface area contributed by atoms with Crippen LogP contribution in [0.25, 0.3) is 0 Å². The van der Waals surface area contributed by atoms with Gasteiger partial charge >= 0.3 is 7.60 Å². The van der Waals surface area contributed by atoms with Crippen LogP contribution < -0.4 is 0 Å². The average Bonchev–Trinajstić information content (AvgIpc) is 2.41. The third-order valence-electron chi connectivity index (χ3n) is 3.50. The normalized spacial score (nSPS) is 29.4. The molecule has 1 heterocycles. The van der Waals surface area contributed by atoms with Crippen LogP contribution in [0.2, 0.25) is 0 Å². The van der Waals surface area contributed by atoms with Gasteiger partial charge in [-0.15, -0.1) is 0 Å². The van der Waals surface area contributed by atoms with Crippen LogP contribution in [0, 0.1) is 11.3 Å². The summed E-state index contributed by atoms with van der Waals surface area (Å²) in [5.74, 6) is 0.158. The fraction of sp³-hybridized carbons (Fsp3) is 0.533. The first-order chi connectivity index (χ1) is 9.26. The first-order valence-electron chi connectivity index (χ1n) is 6.79. The van der Waals surface area contributed by atoms with Gasteiger partial charge < -0.3 is 4.52 Å². The third-order valence-corrected chi connectivity index (χ3v) is 5.23. The average molecular weight is 296 g/mol. The molecule has 110 valence electrons. The molecule has 0 N–H and O–H groups in total. The lowest BCUT2D eigenvalue weighted by atomic mass is 9.81. The lowest BCUT2D eigenvalue weighted by Gasteiger charge is -2.42. The molecule has 0 aromatic heterocycles. The van der Waals surface area contributed by atoms with Gasteiger partial charge in [0.1, 0.15) is 0 Å². The minimum Gasteiger partial charge on any atom is -0.302 e. The highest BCUT2D eigenvalue weighted by molar-refractivity contribution is 7.72. The van der Waals surface area contributed by atoms with Crippen molar-refractivity contribution in [1.29, 1.82) is 0 Å². The van der Waals surface area contributed by atoms with E-state index in [0.29, 0.717) is 5.56 Å². The summed E-state index contributed by atoms with van der Waals surface area (Å²) in [6.45, 7) is 8.23. The standard InChI is InChI=1S/C15H21O4P/c1-11(2)13-15(3,4)10-18-20(17,19-13)14(16)12-8-6-5-7-9-12/h5-9,11,13H,10H2,1-4H3. The Morgan fingerprint density at radius 1 is 1.30 bits per heavy atom. The molecule has 20 heavy (non-hydrogen) atoms. The van der Waals surface area contributed by atoms with Crippen LogP contribution in [0.5, 0.6) is 0 Å². The van der Waals surface area contributed by atoms with E-state index in [1.165, 1.54) is 0 Å². The van der Waals surface area contributed by atoms with Gasteiger partial charge in [0.25, 0.3) is 5.52 Å². The Balaban J connectivity index is 2.28. The summed E-state index contributed by atoms with van der Waals surface area (Å²) >= 11 is 0. The van der Waals surface area contributed by atoms with E-state index in [0.717, 1.165) is 0 Å². The van der Waals surface area contributed by atoms with Crippen molar-refractivity contribution in [2.75, 3.05) is 6.61 Å². The largest absolute Gasteiger partial charge is 0.401 e. The summed E-state index contributed by atoms with van der Waals surface area (Å²) in [4.78, 5) is 12.4. The maximum Gasteiger partial charge on any atom is 0.401 e. The number of carbonyl (C=O) groups excluding carboxylic acids is 1. The van der Waals surface area contributed by atoms with Crippen molar-refractivity contribution >= 4 is 13.1 Å². The van der Waals surface area contributed by atoms with Gasteiger partial charge in [-0.25, -0.2) is 0 Å². The molecule has 0 bridgehead atoms. The molecule has 2 atom stereocenters. The second kappa shape index (κ2) is 5.44. The molecule has 2 unspecified atom stereocenters. The lowest BCUT2D eigenvalue weighted by Crippen LogP contribution is -2.43. The predicted octanol–water partition coefficient (Wildman–Crippen LogP) is 4.12. The van der Waals surface area contributed by atoms with E-state index in [-0.39, 0.29) is 24.0 Å². The summed E-state index contributed by atoms with van der Waals surface area (Å²) in [6.07, 6.45) is -0.269. The van der Waals surface area contributed by atoms with Crippen LogP contribution in [0.1, 0.15) is 38.1 Å². The second-order valence-corrected chi connectivity index (χ2v) is 8.07. The van der Waals surface area contributed by atoms with Crippen molar-refractivity contribution in [3.63, 3.8) is 0 Å². The summed E-state index contributed by atoms with van der Waals surface area (Å²) in [5.41, 5.74) is -0.462. The molecular weight excluding hydrogens is 275 g/mol. The second-order valence-electron chi connectivity index (χ2n) is 6.20. The Hall–Kier alpha value is -0.960. The van der Waals surface area contributed by atoms with Crippen molar-refractivity contribution in [2.24, 2.45) is 11.3 Å². The van der Waals surface area contributed by atoms with E-state index < -0.39 is 13.1 Å². The van der Waals surface area contributed by atoms with Gasteiger partial charge in [-0.05, 0) is 5.92 Å². The lowest BCUT2D eigenvalue weighted by molar-refractivity contribution is -0.0461.